The fourth-order valence-electron chi connectivity index (χ4n) is 1.07. The van der Waals surface area contributed by atoms with Crippen LogP contribution in [0.25, 0.3) is 0 Å². The molecule has 0 amide bonds. The average molecular weight is 225 g/mol. The van der Waals surface area contributed by atoms with Gasteiger partial charge in [0.2, 0.25) is 0 Å². The summed E-state index contributed by atoms with van der Waals surface area (Å²) in [4.78, 5) is 11.2. The summed E-state index contributed by atoms with van der Waals surface area (Å²) in [6, 6.07) is 4.10. The molecule has 1 aromatic rings. The second-order valence-corrected chi connectivity index (χ2v) is 3.10. The van der Waals surface area contributed by atoms with Gasteiger partial charge in [0.1, 0.15) is 11.9 Å². The zero-order valence-corrected chi connectivity index (χ0v) is 8.85. The standard InChI is InChI=1S/C10H8FNO2S/c1-2-14-10(13)8-6(5-12)3-4-7(11)9(8)15/h3-4,15H,2H2,1H3. The number of esters is 1. The van der Waals surface area contributed by atoms with Crippen molar-refractivity contribution >= 4 is 18.6 Å². The molecule has 0 saturated carbocycles. The van der Waals surface area contributed by atoms with E-state index in [0.29, 0.717) is 0 Å². The molecule has 0 radical (unpaired) electrons. The van der Waals surface area contributed by atoms with Gasteiger partial charge in [-0.15, -0.1) is 12.6 Å². The minimum atomic E-state index is -0.737. The Bertz CT molecular complexity index is 440. The summed E-state index contributed by atoms with van der Waals surface area (Å²) in [5.41, 5.74) is -0.0671. The van der Waals surface area contributed by atoms with Crippen LogP contribution in [0.3, 0.4) is 0 Å². The highest BCUT2D eigenvalue weighted by Gasteiger charge is 2.18. The molecule has 1 rings (SSSR count). The van der Waals surface area contributed by atoms with Gasteiger partial charge in [0.15, 0.2) is 0 Å². The first kappa shape index (κ1) is 11.5. The van der Waals surface area contributed by atoms with Crippen molar-refractivity contribution in [3.05, 3.63) is 29.1 Å². The molecule has 0 aliphatic carbocycles. The summed E-state index contributed by atoms with van der Waals surface area (Å²) in [5.74, 6) is -1.39. The molecule has 0 aliphatic heterocycles. The van der Waals surface area contributed by atoms with Crippen molar-refractivity contribution in [1.29, 1.82) is 5.26 Å². The topological polar surface area (TPSA) is 50.1 Å². The van der Waals surface area contributed by atoms with E-state index >= 15 is 0 Å². The van der Waals surface area contributed by atoms with Crippen LogP contribution in [0.1, 0.15) is 22.8 Å². The molecule has 0 fully saturated rings. The molecular weight excluding hydrogens is 217 g/mol. The Kier molecular flexibility index (Phi) is 3.69. The van der Waals surface area contributed by atoms with Crippen molar-refractivity contribution in [2.45, 2.75) is 11.8 Å². The lowest BCUT2D eigenvalue weighted by atomic mass is 10.1. The van der Waals surface area contributed by atoms with Crippen molar-refractivity contribution in [2.75, 3.05) is 6.61 Å². The molecule has 5 heteroatoms. The Balaban J connectivity index is 3.31. The van der Waals surface area contributed by atoms with Gasteiger partial charge in [0.05, 0.1) is 22.6 Å². The maximum atomic E-state index is 13.1. The molecular formula is C10H8FNO2S. The highest BCUT2D eigenvalue weighted by atomic mass is 32.1. The smallest absolute Gasteiger partial charge is 0.340 e. The van der Waals surface area contributed by atoms with E-state index < -0.39 is 11.8 Å². The molecule has 0 N–H and O–H groups in total. The van der Waals surface area contributed by atoms with Crippen LogP contribution in [-0.4, -0.2) is 12.6 Å². The number of hydrogen-bond acceptors (Lipinski definition) is 4. The lowest BCUT2D eigenvalue weighted by molar-refractivity contribution is 0.0521. The van der Waals surface area contributed by atoms with Gasteiger partial charge in [-0.2, -0.15) is 5.26 Å². The highest BCUT2D eigenvalue weighted by molar-refractivity contribution is 7.80. The number of thiol groups is 1. The molecule has 0 heterocycles. The van der Waals surface area contributed by atoms with Gasteiger partial charge >= 0.3 is 5.97 Å². The number of nitriles is 1. The van der Waals surface area contributed by atoms with Gasteiger partial charge in [0, 0.05) is 0 Å². The average Bonchev–Trinajstić information content (AvgIpc) is 2.22. The lowest BCUT2D eigenvalue weighted by Gasteiger charge is -2.06. The quantitative estimate of drug-likeness (QED) is 0.619. The van der Waals surface area contributed by atoms with Crippen molar-refractivity contribution in [3.8, 4) is 6.07 Å². The van der Waals surface area contributed by atoms with Crippen LogP contribution in [0.4, 0.5) is 4.39 Å². The van der Waals surface area contributed by atoms with Crippen LogP contribution in [0.2, 0.25) is 0 Å². The van der Waals surface area contributed by atoms with Crippen molar-refractivity contribution in [2.24, 2.45) is 0 Å². The first-order valence-electron chi connectivity index (χ1n) is 4.20. The van der Waals surface area contributed by atoms with Gasteiger partial charge in [-0.1, -0.05) is 0 Å². The summed E-state index contributed by atoms with van der Waals surface area (Å²) in [7, 11) is 0. The molecule has 0 aromatic heterocycles. The van der Waals surface area contributed by atoms with Crippen molar-refractivity contribution < 1.29 is 13.9 Å². The Morgan fingerprint density at radius 1 is 1.67 bits per heavy atom. The second-order valence-electron chi connectivity index (χ2n) is 2.65. The third-order valence-corrected chi connectivity index (χ3v) is 2.17. The summed E-state index contributed by atoms with van der Waals surface area (Å²) < 4.78 is 17.8. The van der Waals surface area contributed by atoms with Crippen molar-refractivity contribution in [3.63, 3.8) is 0 Å². The maximum Gasteiger partial charge on any atom is 0.340 e. The van der Waals surface area contributed by atoms with E-state index in [9.17, 15) is 9.18 Å². The van der Waals surface area contributed by atoms with Gasteiger partial charge in [0.25, 0.3) is 0 Å². The Morgan fingerprint density at radius 2 is 2.33 bits per heavy atom. The number of carbonyl (C=O) groups is 1. The highest BCUT2D eigenvalue weighted by Crippen LogP contribution is 2.22. The number of halogens is 1. The van der Waals surface area contributed by atoms with Crippen molar-refractivity contribution in [1.82, 2.24) is 0 Å². The Morgan fingerprint density at radius 3 is 2.87 bits per heavy atom. The van der Waals surface area contributed by atoms with E-state index in [4.69, 9.17) is 10.00 Å². The predicted molar refractivity (Wildman–Crippen MR) is 54.3 cm³/mol. The van der Waals surface area contributed by atoms with Gasteiger partial charge in [-0.3, -0.25) is 0 Å². The minimum Gasteiger partial charge on any atom is -0.462 e. The Hall–Kier alpha value is -1.54. The van der Waals surface area contributed by atoms with E-state index in [-0.39, 0.29) is 22.6 Å². The summed E-state index contributed by atoms with van der Waals surface area (Å²) in [5, 5.41) is 8.74. The van der Waals surface area contributed by atoms with E-state index in [1.165, 1.54) is 6.07 Å². The normalized spacial score (nSPS) is 9.47. The van der Waals surface area contributed by atoms with Crippen LogP contribution in [-0.2, 0) is 4.74 Å². The molecule has 1 aromatic carbocycles. The fraction of sp³-hybridized carbons (Fsp3) is 0.200. The summed E-state index contributed by atoms with van der Waals surface area (Å²) >= 11 is 3.84. The van der Waals surface area contributed by atoms with Crippen LogP contribution in [0.15, 0.2) is 17.0 Å². The van der Waals surface area contributed by atoms with Crippen LogP contribution in [0, 0.1) is 17.1 Å². The minimum absolute atomic E-state index is 0.0554. The third kappa shape index (κ3) is 2.28. The number of rotatable bonds is 2. The Labute approximate surface area is 91.9 Å². The molecule has 0 bridgehead atoms. The molecule has 0 unspecified atom stereocenters. The first-order chi connectivity index (χ1) is 7.11. The molecule has 15 heavy (non-hydrogen) atoms. The van der Waals surface area contributed by atoms with E-state index in [2.05, 4.69) is 12.6 Å². The SMILES string of the molecule is CCOC(=O)c1c(C#N)ccc(F)c1S. The van der Waals surface area contributed by atoms with Crippen LogP contribution >= 0.6 is 12.6 Å². The molecule has 78 valence electrons. The number of nitrogens with zero attached hydrogens (tertiary/aromatic N) is 1. The first-order valence-corrected chi connectivity index (χ1v) is 4.65. The van der Waals surface area contributed by atoms with E-state index in [0.717, 1.165) is 6.07 Å². The zero-order valence-electron chi connectivity index (χ0n) is 7.95. The molecule has 0 spiro atoms. The van der Waals surface area contributed by atoms with Gasteiger partial charge < -0.3 is 4.74 Å². The van der Waals surface area contributed by atoms with Gasteiger partial charge in [-0.05, 0) is 19.1 Å². The number of carbonyl (C=O) groups excluding carboxylic acids is 1. The largest absolute Gasteiger partial charge is 0.462 e. The predicted octanol–water partition coefficient (Wildman–Crippen LogP) is 2.16. The summed E-state index contributed by atoms with van der Waals surface area (Å²) in [6.07, 6.45) is 0. The number of benzene rings is 1. The monoisotopic (exact) mass is 225 g/mol. The van der Waals surface area contributed by atoms with Gasteiger partial charge in [-0.25, -0.2) is 9.18 Å². The molecule has 0 aliphatic rings. The summed E-state index contributed by atoms with van der Waals surface area (Å²) in [6.45, 7) is 1.79. The zero-order chi connectivity index (χ0) is 11.4. The fourth-order valence-corrected chi connectivity index (χ4v) is 1.36. The van der Waals surface area contributed by atoms with E-state index in [1.807, 2.05) is 0 Å². The number of ether oxygens (including phenoxy) is 1. The van der Waals surface area contributed by atoms with Crippen LogP contribution < -0.4 is 0 Å². The number of hydrogen-bond donors (Lipinski definition) is 1. The lowest BCUT2D eigenvalue weighted by Crippen LogP contribution is -2.09. The molecule has 3 nitrogen and oxygen atoms in total. The second kappa shape index (κ2) is 4.80. The molecule has 0 saturated heterocycles. The third-order valence-electron chi connectivity index (χ3n) is 1.73. The van der Waals surface area contributed by atoms with Crippen LogP contribution in [0.5, 0.6) is 0 Å². The molecule has 0 atom stereocenters. The van der Waals surface area contributed by atoms with E-state index in [1.54, 1.807) is 13.0 Å². The maximum absolute atomic E-state index is 13.1.